The fourth-order valence-corrected chi connectivity index (χ4v) is 2.19. The van der Waals surface area contributed by atoms with Crippen molar-refractivity contribution in [2.24, 2.45) is 0 Å². The van der Waals surface area contributed by atoms with E-state index in [1.165, 1.54) is 0 Å². The second-order valence-corrected chi connectivity index (χ2v) is 4.25. The van der Waals surface area contributed by atoms with E-state index in [0.717, 1.165) is 0 Å². The van der Waals surface area contributed by atoms with Gasteiger partial charge in [-0.05, 0) is 18.6 Å². The topological polar surface area (TPSA) is 95.9 Å². The third-order valence-corrected chi connectivity index (χ3v) is 2.94. The minimum Gasteiger partial charge on any atom is -0.282 e. The van der Waals surface area contributed by atoms with E-state index in [0.29, 0.717) is 11.1 Å². The third-order valence-electron chi connectivity index (χ3n) is 1.91. The van der Waals surface area contributed by atoms with Crippen molar-refractivity contribution in [3.8, 4) is 0 Å². The van der Waals surface area contributed by atoms with Gasteiger partial charge in [0, 0.05) is 22.4 Å². The SMILES string of the molecule is Cc1ccc2[nH]nnc2c1S(=O)(=O)O.[Ag]. The zero-order chi connectivity index (χ0) is 10.3. The molecule has 0 saturated carbocycles. The maximum absolute atomic E-state index is 11.0. The molecule has 0 saturated heterocycles. The Kier molecular flexibility index (Phi) is 3.31. The maximum atomic E-state index is 11.0. The molecular weight excluding hydrogens is 314 g/mol. The van der Waals surface area contributed by atoms with Crippen LogP contribution in [0.1, 0.15) is 5.56 Å². The predicted octanol–water partition coefficient (Wildman–Crippen LogP) is 0.511. The van der Waals surface area contributed by atoms with Crippen LogP contribution in [0.5, 0.6) is 0 Å². The first-order valence-corrected chi connectivity index (χ1v) is 5.22. The average molecular weight is 321 g/mol. The van der Waals surface area contributed by atoms with Crippen molar-refractivity contribution in [2.45, 2.75) is 11.8 Å². The second kappa shape index (κ2) is 4.03. The first kappa shape index (κ1) is 12.3. The smallest absolute Gasteiger partial charge is 0.282 e. The molecule has 1 aromatic heterocycles. The van der Waals surface area contributed by atoms with Crippen LogP contribution >= 0.6 is 0 Å². The van der Waals surface area contributed by atoms with Crippen molar-refractivity contribution < 1.29 is 35.4 Å². The molecule has 85 valence electrons. The monoisotopic (exact) mass is 320 g/mol. The van der Waals surface area contributed by atoms with Crippen molar-refractivity contribution in [2.75, 3.05) is 0 Å². The standard InChI is InChI=1S/C7H7N3O3S.Ag/c1-4-2-3-5-6(9-10-8-5)7(4)14(11,12)13;/h2-3H,1H3,(H,8,9,10)(H,11,12,13);. The molecule has 0 unspecified atom stereocenters. The Morgan fingerprint density at radius 1 is 1.40 bits per heavy atom. The molecule has 2 aromatic rings. The van der Waals surface area contributed by atoms with Crippen LogP contribution in [0.3, 0.4) is 0 Å². The molecule has 0 fully saturated rings. The molecule has 2 rings (SSSR count). The summed E-state index contributed by atoms with van der Waals surface area (Å²) in [6, 6.07) is 3.23. The molecule has 0 aliphatic rings. The number of hydrogen-bond acceptors (Lipinski definition) is 4. The fourth-order valence-electron chi connectivity index (χ4n) is 1.32. The molecule has 8 heteroatoms. The van der Waals surface area contributed by atoms with Gasteiger partial charge in [0.1, 0.15) is 10.4 Å². The number of H-pyrrole nitrogens is 1. The van der Waals surface area contributed by atoms with Gasteiger partial charge in [0.15, 0.2) is 0 Å². The number of fused-ring (bicyclic) bond motifs is 1. The second-order valence-electron chi connectivity index (χ2n) is 2.89. The summed E-state index contributed by atoms with van der Waals surface area (Å²) in [5, 5.41) is 9.59. The Morgan fingerprint density at radius 3 is 2.67 bits per heavy atom. The van der Waals surface area contributed by atoms with Crippen molar-refractivity contribution >= 4 is 21.2 Å². The quantitative estimate of drug-likeness (QED) is 0.589. The maximum Gasteiger partial charge on any atom is 0.297 e. The van der Waals surface area contributed by atoms with Crippen LogP contribution in [-0.4, -0.2) is 28.4 Å². The molecular formula is C7H7AgN3O3S. The fraction of sp³-hybridized carbons (Fsp3) is 0.143. The van der Waals surface area contributed by atoms with E-state index < -0.39 is 10.1 Å². The van der Waals surface area contributed by atoms with Gasteiger partial charge in [-0.3, -0.25) is 9.65 Å². The largest absolute Gasteiger partial charge is 0.297 e. The summed E-state index contributed by atoms with van der Waals surface area (Å²) in [4.78, 5) is -0.191. The van der Waals surface area contributed by atoms with Crippen molar-refractivity contribution in [3.63, 3.8) is 0 Å². The Labute approximate surface area is 101 Å². The molecule has 1 radical (unpaired) electrons. The minimum absolute atomic E-state index is 0. The molecule has 1 aromatic carbocycles. The van der Waals surface area contributed by atoms with E-state index in [9.17, 15) is 8.42 Å². The minimum atomic E-state index is -4.25. The molecule has 15 heavy (non-hydrogen) atoms. The van der Waals surface area contributed by atoms with E-state index >= 15 is 0 Å². The molecule has 0 aliphatic carbocycles. The van der Waals surface area contributed by atoms with Crippen LogP contribution < -0.4 is 0 Å². The van der Waals surface area contributed by atoms with Crippen molar-refractivity contribution in [3.05, 3.63) is 17.7 Å². The van der Waals surface area contributed by atoms with E-state index in [1.807, 2.05) is 0 Å². The van der Waals surface area contributed by atoms with Crippen molar-refractivity contribution in [1.82, 2.24) is 15.4 Å². The zero-order valence-corrected chi connectivity index (χ0v) is 9.82. The number of hydrogen-bond donors (Lipinski definition) is 2. The van der Waals surface area contributed by atoms with Gasteiger partial charge < -0.3 is 0 Å². The first-order chi connectivity index (χ1) is 6.50. The summed E-state index contributed by atoms with van der Waals surface area (Å²) in [6.07, 6.45) is 0. The normalized spacial score (nSPS) is 11.3. The number of aryl methyl sites for hydroxylation is 1. The van der Waals surface area contributed by atoms with Crippen LogP contribution in [0.4, 0.5) is 0 Å². The van der Waals surface area contributed by atoms with Gasteiger partial charge in [-0.2, -0.15) is 8.42 Å². The number of nitrogens with zero attached hydrogens (tertiary/aromatic N) is 2. The summed E-state index contributed by atoms with van der Waals surface area (Å²) < 4.78 is 31.1. The van der Waals surface area contributed by atoms with E-state index in [4.69, 9.17) is 4.55 Å². The van der Waals surface area contributed by atoms with E-state index in [2.05, 4.69) is 15.4 Å². The van der Waals surface area contributed by atoms with Crippen LogP contribution in [0.15, 0.2) is 17.0 Å². The third kappa shape index (κ3) is 2.11. The van der Waals surface area contributed by atoms with Gasteiger partial charge in [0.05, 0.1) is 5.52 Å². The Morgan fingerprint density at radius 2 is 2.07 bits per heavy atom. The first-order valence-electron chi connectivity index (χ1n) is 3.78. The van der Waals surface area contributed by atoms with Gasteiger partial charge in [-0.1, -0.05) is 11.3 Å². The zero-order valence-electron chi connectivity index (χ0n) is 7.52. The molecule has 0 spiro atoms. The van der Waals surface area contributed by atoms with Crippen molar-refractivity contribution in [1.29, 1.82) is 0 Å². The molecule has 1 heterocycles. The predicted molar refractivity (Wildman–Crippen MR) is 48.4 cm³/mol. The molecule has 0 amide bonds. The van der Waals surface area contributed by atoms with E-state index in [1.54, 1.807) is 19.1 Å². The number of aromatic nitrogens is 3. The van der Waals surface area contributed by atoms with Crippen LogP contribution in [0.2, 0.25) is 0 Å². The van der Waals surface area contributed by atoms with Gasteiger partial charge in [-0.15, -0.1) is 5.10 Å². The molecule has 2 N–H and O–H groups in total. The average Bonchev–Trinajstić information content (AvgIpc) is 2.48. The molecule has 0 bridgehead atoms. The number of aromatic amines is 1. The summed E-state index contributed by atoms with van der Waals surface area (Å²) in [5.74, 6) is 0. The van der Waals surface area contributed by atoms with Gasteiger partial charge in [-0.25, -0.2) is 0 Å². The number of nitrogens with one attached hydrogen (secondary N) is 1. The van der Waals surface area contributed by atoms with Gasteiger partial charge in [0.2, 0.25) is 0 Å². The summed E-state index contributed by atoms with van der Waals surface area (Å²) >= 11 is 0. The van der Waals surface area contributed by atoms with Crippen LogP contribution in [-0.2, 0) is 32.5 Å². The van der Waals surface area contributed by atoms with Gasteiger partial charge in [0.25, 0.3) is 10.1 Å². The molecule has 0 aliphatic heterocycles. The van der Waals surface area contributed by atoms with Gasteiger partial charge >= 0.3 is 0 Å². The molecule has 6 nitrogen and oxygen atoms in total. The van der Waals surface area contributed by atoms with Crippen LogP contribution in [0, 0.1) is 6.92 Å². The Bertz CT molecular complexity index is 593. The Balaban J connectivity index is 0.00000112. The van der Waals surface area contributed by atoms with Crippen LogP contribution in [0.25, 0.3) is 11.0 Å². The number of rotatable bonds is 1. The summed E-state index contributed by atoms with van der Waals surface area (Å²) in [7, 11) is -4.25. The molecule has 0 atom stereocenters. The summed E-state index contributed by atoms with van der Waals surface area (Å²) in [5.41, 5.74) is 1.07. The van der Waals surface area contributed by atoms with E-state index in [-0.39, 0.29) is 32.8 Å². The summed E-state index contributed by atoms with van der Waals surface area (Å²) in [6.45, 7) is 1.58. The Hall–Kier alpha value is -0.730. The number of benzene rings is 1.